The maximum Gasteiger partial charge on any atom is 0.326 e. The number of nitrogens with two attached hydrogens (primary N) is 1. The van der Waals surface area contributed by atoms with E-state index in [1.54, 1.807) is 0 Å². The van der Waals surface area contributed by atoms with Gasteiger partial charge in [-0.25, -0.2) is 9.59 Å². The molecule has 5 N–H and O–H groups in total. The van der Waals surface area contributed by atoms with Crippen molar-refractivity contribution < 1.29 is 19.5 Å². The number of urea groups is 1. The van der Waals surface area contributed by atoms with Crippen LogP contribution in [0.15, 0.2) is 0 Å². The van der Waals surface area contributed by atoms with Crippen molar-refractivity contribution in [2.45, 2.75) is 38.1 Å². The van der Waals surface area contributed by atoms with E-state index >= 15 is 0 Å². The van der Waals surface area contributed by atoms with Crippen LogP contribution in [0, 0.1) is 5.92 Å². The Labute approximate surface area is 105 Å². The van der Waals surface area contributed by atoms with Crippen molar-refractivity contribution in [2.75, 3.05) is 6.54 Å². The van der Waals surface area contributed by atoms with Crippen molar-refractivity contribution >= 4 is 17.9 Å². The number of aliphatic carboxylic acids is 1. The molecular formula is C11H19N3O4. The van der Waals surface area contributed by atoms with Crippen LogP contribution in [-0.2, 0) is 9.59 Å². The zero-order valence-corrected chi connectivity index (χ0v) is 10.1. The molecule has 0 aromatic rings. The number of carbonyl (C=O) groups excluding carboxylic acids is 2. The van der Waals surface area contributed by atoms with Gasteiger partial charge in [0.15, 0.2) is 0 Å². The Morgan fingerprint density at radius 3 is 2.50 bits per heavy atom. The van der Waals surface area contributed by atoms with Gasteiger partial charge in [0, 0.05) is 6.54 Å². The average molecular weight is 257 g/mol. The molecule has 7 nitrogen and oxygen atoms in total. The van der Waals surface area contributed by atoms with E-state index in [-0.39, 0.29) is 0 Å². The lowest BCUT2D eigenvalue weighted by atomic mass is 10.2. The third-order valence-corrected chi connectivity index (χ3v) is 2.78. The molecule has 0 heterocycles. The highest BCUT2D eigenvalue weighted by Gasteiger charge is 2.22. The van der Waals surface area contributed by atoms with Crippen LogP contribution in [0.2, 0.25) is 0 Å². The number of rotatable bonds is 8. The average Bonchev–Trinajstić information content (AvgIpc) is 3.06. The van der Waals surface area contributed by atoms with Crippen LogP contribution in [0.5, 0.6) is 0 Å². The summed E-state index contributed by atoms with van der Waals surface area (Å²) < 4.78 is 0. The molecule has 0 aromatic heterocycles. The van der Waals surface area contributed by atoms with Crippen LogP contribution in [0.25, 0.3) is 0 Å². The second kappa shape index (κ2) is 6.83. The summed E-state index contributed by atoms with van der Waals surface area (Å²) in [5, 5.41) is 13.5. The second-order valence-corrected chi connectivity index (χ2v) is 4.55. The fraction of sp³-hybridized carbons (Fsp3) is 0.727. The van der Waals surface area contributed by atoms with Crippen LogP contribution in [0.4, 0.5) is 4.79 Å². The number of carboxylic acids is 1. The van der Waals surface area contributed by atoms with Crippen molar-refractivity contribution in [1.29, 1.82) is 0 Å². The minimum Gasteiger partial charge on any atom is -0.480 e. The summed E-state index contributed by atoms with van der Waals surface area (Å²) in [5.74, 6) is -1.24. The van der Waals surface area contributed by atoms with Crippen molar-refractivity contribution in [1.82, 2.24) is 10.6 Å². The van der Waals surface area contributed by atoms with Gasteiger partial charge in [-0.1, -0.05) is 12.8 Å². The highest BCUT2D eigenvalue weighted by atomic mass is 16.4. The number of amides is 3. The van der Waals surface area contributed by atoms with Crippen LogP contribution in [0.1, 0.15) is 32.1 Å². The number of primary amides is 1. The van der Waals surface area contributed by atoms with E-state index in [4.69, 9.17) is 10.8 Å². The zero-order valence-electron chi connectivity index (χ0n) is 10.1. The van der Waals surface area contributed by atoms with Crippen LogP contribution in [0.3, 0.4) is 0 Å². The zero-order chi connectivity index (χ0) is 13.5. The lowest BCUT2D eigenvalue weighted by Gasteiger charge is -2.13. The summed E-state index contributed by atoms with van der Waals surface area (Å²) in [4.78, 5) is 32.7. The maximum absolute atomic E-state index is 11.4. The third kappa shape index (κ3) is 6.07. The Kier molecular flexibility index (Phi) is 5.41. The van der Waals surface area contributed by atoms with Crippen molar-refractivity contribution in [3.63, 3.8) is 0 Å². The molecule has 0 spiro atoms. The van der Waals surface area contributed by atoms with Crippen molar-refractivity contribution in [2.24, 2.45) is 11.7 Å². The molecule has 0 unspecified atom stereocenters. The summed E-state index contributed by atoms with van der Waals surface area (Å²) in [6.45, 7) is 0.505. The molecule has 0 aliphatic heterocycles. The Bertz CT molecular complexity index is 328. The topological polar surface area (TPSA) is 122 Å². The first-order chi connectivity index (χ1) is 8.49. The monoisotopic (exact) mass is 257 g/mol. The Hall–Kier alpha value is -1.79. The van der Waals surface area contributed by atoms with E-state index in [0.717, 1.165) is 18.8 Å². The summed E-state index contributed by atoms with van der Waals surface area (Å²) >= 11 is 0. The first-order valence-corrected chi connectivity index (χ1v) is 6.04. The van der Waals surface area contributed by atoms with Crippen LogP contribution < -0.4 is 16.4 Å². The standard InChI is InChI=1S/C11H19N3O4/c12-9(15)6-8(10(16)17)14-11(18)13-5-1-2-7-3-4-7/h7-8H,1-6H2,(H2,12,15)(H,16,17)(H2,13,14,18)/t8-/m0/s1. The molecule has 0 aromatic carbocycles. The van der Waals surface area contributed by atoms with Gasteiger partial charge in [-0.2, -0.15) is 0 Å². The molecule has 0 bridgehead atoms. The molecule has 1 aliphatic rings. The number of carbonyl (C=O) groups is 3. The minimum absolute atomic E-state index is 0.412. The summed E-state index contributed by atoms with van der Waals surface area (Å²) in [6, 6.07) is -1.86. The Morgan fingerprint density at radius 1 is 1.33 bits per heavy atom. The molecule has 18 heavy (non-hydrogen) atoms. The first-order valence-electron chi connectivity index (χ1n) is 6.04. The second-order valence-electron chi connectivity index (χ2n) is 4.55. The highest BCUT2D eigenvalue weighted by molar-refractivity contribution is 5.87. The van der Waals surface area contributed by atoms with Gasteiger partial charge in [0.05, 0.1) is 6.42 Å². The molecule has 1 aliphatic carbocycles. The Morgan fingerprint density at radius 2 is 2.00 bits per heavy atom. The third-order valence-electron chi connectivity index (χ3n) is 2.78. The summed E-state index contributed by atoms with van der Waals surface area (Å²) in [5.41, 5.74) is 4.89. The van der Waals surface area contributed by atoms with Crippen LogP contribution >= 0.6 is 0 Å². The van der Waals surface area contributed by atoms with E-state index in [1.807, 2.05) is 0 Å². The fourth-order valence-corrected chi connectivity index (χ4v) is 1.61. The van der Waals surface area contributed by atoms with Crippen molar-refractivity contribution in [3.8, 4) is 0 Å². The smallest absolute Gasteiger partial charge is 0.326 e. The predicted molar refractivity (Wildman–Crippen MR) is 63.7 cm³/mol. The van der Waals surface area contributed by atoms with Gasteiger partial charge in [0.25, 0.3) is 0 Å². The highest BCUT2D eigenvalue weighted by Crippen LogP contribution is 2.33. The van der Waals surface area contributed by atoms with E-state index in [9.17, 15) is 14.4 Å². The first kappa shape index (κ1) is 14.3. The number of hydrogen-bond acceptors (Lipinski definition) is 3. The van der Waals surface area contributed by atoms with E-state index < -0.39 is 30.4 Å². The molecular weight excluding hydrogens is 238 g/mol. The molecule has 7 heteroatoms. The van der Waals surface area contributed by atoms with Gasteiger partial charge in [-0.15, -0.1) is 0 Å². The van der Waals surface area contributed by atoms with Crippen LogP contribution in [-0.4, -0.2) is 35.6 Å². The Balaban J connectivity index is 2.17. The summed E-state index contributed by atoms with van der Waals surface area (Å²) in [7, 11) is 0. The molecule has 3 amide bonds. The van der Waals surface area contributed by atoms with Gasteiger partial charge >= 0.3 is 12.0 Å². The quantitative estimate of drug-likeness (QED) is 0.450. The molecule has 1 saturated carbocycles. The fourth-order valence-electron chi connectivity index (χ4n) is 1.61. The van der Waals surface area contributed by atoms with Gasteiger partial charge in [-0.05, 0) is 18.8 Å². The van der Waals surface area contributed by atoms with Gasteiger partial charge < -0.3 is 21.5 Å². The number of carboxylic acid groups (broad SMARTS) is 1. The lowest BCUT2D eigenvalue weighted by molar-refractivity contribution is -0.140. The minimum atomic E-state index is -1.28. The van der Waals surface area contributed by atoms with Gasteiger partial charge in [-0.3, -0.25) is 4.79 Å². The van der Waals surface area contributed by atoms with Gasteiger partial charge in [0.1, 0.15) is 6.04 Å². The van der Waals surface area contributed by atoms with Crippen molar-refractivity contribution in [3.05, 3.63) is 0 Å². The maximum atomic E-state index is 11.4. The molecule has 102 valence electrons. The summed E-state index contributed by atoms with van der Waals surface area (Å²) in [6.07, 6.45) is 4.10. The number of hydrogen-bond donors (Lipinski definition) is 4. The molecule has 1 fully saturated rings. The van der Waals surface area contributed by atoms with E-state index in [1.165, 1.54) is 12.8 Å². The lowest BCUT2D eigenvalue weighted by Crippen LogP contribution is -2.47. The molecule has 0 radical (unpaired) electrons. The van der Waals surface area contributed by atoms with E-state index in [2.05, 4.69) is 10.6 Å². The SMILES string of the molecule is NC(=O)C[C@H](NC(=O)NCCCC1CC1)C(=O)O. The molecule has 0 saturated heterocycles. The van der Waals surface area contributed by atoms with Gasteiger partial charge in [0.2, 0.25) is 5.91 Å². The van der Waals surface area contributed by atoms with E-state index in [0.29, 0.717) is 6.54 Å². The largest absolute Gasteiger partial charge is 0.480 e. The molecule has 1 rings (SSSR count). The molecule has 1 atom stereocenters. The predicted octanol–water partition coefficient (Wildman–Crippen LogP) is -0.196. The number of nitrogens with one attached hydrogen (secondary N) is 2. The normalized spacial score (nSPS) is 15.8.